The monoisotopic (exact) mass is 246 g/mol. The Morgan fingerprint density at radius 1 is 1.35 bits per heavy atom. The Balaban J connectivity index is 2.70. The summed E-state index contributed by atoms with van der Waals surface area (Å²) >= 11 is 0. The first kappa shape index (κ1) is 13.9. The van der Waals surface area contributed by atoms with E-state index in [0.717, 1.165) is 0 Å². The fraction of sp³-hybridized carbons (Fsp3) is 0.818. The van der Waals surface area contributed by atoms with E-state index in [9.17, 15) is 9.59 Å². The molecule has 6 nitrogen and oxygen atoms in total. The second kappa shape index (κ2) is 5.46. The number of hydrogen-bond donors (Lipinski definition) is 0. The quantitative estimate of drug-likeness (QED) is 0.672. The Labute approximate surface area is 100 Å². The van der Waals surface area contributed by atoms with Crippen LogP contribution in [0.5, 0.6) is 0 Å². The molecule has 1 saturated heterocycles. The number of carbonyl (C=O) groups excluding carboxylic acids is 2. The molecule has 2 atom stereocenters. The molecule has 0 aromatic carbocycles. The number of methoxy groups -OCH3 is 2. The predicted octanol–water partition coefficient (Wildman–Crippen LogP) is 0.490. The molecular formula is C11H18O6. The van der Waals surface area contributed by atoms with Crippen LogP contribution < -0.4 is 0 Å². The maximum absolute atomic E-state index is 11.6. The van der Waals surface area contributed by atoms with Gasteiger partial charge in [0.1, 0.15) is 0 Å². The predicted molar refractivity (Wildman–Crippen MR) is 57.0 cm³/mol. The van der Waals surface area contributed by atoms with Crippen molar-refractivity contribution in [2.45, 2.75) is 32.2 Å². The summed E-state index contributed by atoms with van der Waals surface area (Å²) in [5.74, 6) is -2.42. The van der Waals surface area contributed by atoms with Gasteiger partial charge in [-0.15, -0.1) is 0 Å². The van der Waals surface area contributed by atoms with E-state index in [0.29, 0.717) is 0 Å². The number of rotatable bonds is 4. The lowest BCUT2D eigenvalue weighted by atomic mass is 9.99. The van der Waals surface area contributed by atoms with Crippen LogP contribution >= 0.6 is 0 Å². The third-order valence-corrected chi connectivity index (χ3v) is 2.60. The van der Waals surface area contributed by atoms with Crippen molar-refractivity contribution in [1.29, 1.82) is 0 Å². The highest BCUT2D eigenvalue weighted by Crippen LogP contribution is 2.29. The van der Waals surface area contributed by atoms with Crippen molar-refractivity contribution in [3.63, 3.8) is 0 Å². The molecule has 0 radical (unpaired) electrons. The second-order valence-electron chi connectivity index (χ2n) is 4.28. The molecular weight excluding hydrogens is 228 g/mol. The summed E-state index contributed by atoms with van der Waals surface area (Å²) in [6.07, 6.45) is -0.565. The molecule has 1 rings (SSSR count). The minimum Gasteiger partial charge on any atom is -0.469 e. The first-order chi connectivity index (χ1) is 7.89. The van der Waals surface area contributed by atoms with Gasteiger partial charge in [-0.2, -0.15) is 0 Å². The van der Waals surface area contributed by atoms with E-state index in [2.05, 4.69) is 9.47 Å². The van der Waals surface area contributed by atoms with Crippen LogP contribution in [-0.2, 0) is 28.5 Å². The van der Waals surface area contributed by atoms with Crippen molar-refractivity contribution >= 4 is 11.9 Å². The van der Waals surface area contributed by atoms with Crippen LogP contribution in [0.3, 0.4) is 0 Å². The number of hydrogen-bond acceptors (Lipinski definition) is 6. The zero-order valence-electron chi connectivity index (χ0n) is 10.5. The fourth-order valence-corrected chi connectivity index (χ4v) is 1.69. The highest BCUT2D eigenvalue weighted by atomic mass is 16.7. The average Bonchev–Trinajstić information content (AvgIpc) is 2.64. The van der Waals surface area contributed by atoms with E-state index < -0.39 is 29.7 Å². The molecule has 17 heavy (non-hydrogen) atoms. The third kappa shape index (κ3) is 3.67. The smallest absolute Gasteiger partial charge is 0.311 e. The molecule has 98 valence electrons. The molecule has 0 bridgehead atoms. The SMILES string of the molecule is COC(=O)C[C@H](C(=O)OC)[C@H]1COC(C)(C)O1. The second-order valence-corrected chi connectivity index (χ2v) is 4.28. The van der Waals surface area contributed by atoms with Gasteiger partial charge in [0.25, 0.3) is 0 Å². The van der Waals surface area contributed by atoms with E-state index in [1.54, 1.807) is 13.8 Å². The van der Waals surface area contributed by atoms with Crippen LogP contribution in [0.2, 0.25) is 0 Å². The van der Waals surface area contributed by atoms with Crippen molar-refractivity contribution in [1.82, 2.24) is 0 Å². The molecule has 0 saturated carbocycles. The Kier molecular flexibility index (Phi) is 4.47. The van der Waals surface area contributed by atoms with Gasteiger partial charge < -0.3 is 18.9 Å². The standard InChI is InChI=1S/C11H18O6/c1-11(2)16-6-8(17-11)7(10(13)15-4)5-9(12)14-3/h7-8H,5-6H2,1-4H3/t7-,8+/m0/s1. The first-order valence-corrected chi connectivity index (χ1v) is 5.36. The highest BCUT2D eigenvalue weighted by molar-refractivity contribution is 5.80. The van der Waals surface area contributed by atoms with Crippen molar-refractivity contribution < 1.29 is 28.5 Å². The molecule has 1 fully saturated rings. The maximum Gasteiger partial charge on any atom is 0.311 e. The number of esters is 2. The van der Waals surface area contributed by atoms with E-state index in [1.165, 1.54) is 14.2 Å². The molecule has 0 aromatic heterocycles. The zero-order chi connectivity index (χ0) is 13.1. The van der Waals surface area contributed by atoms with Gasteiger partial charge in [0.15, 0.2) is 5.79 Å². The molecule has 6 heteroatoms. The minimum absolute atomic E-state index is 0.0761. The zero-order valence-corrected chi connectivity index (χ0v) is 10.5. The van der Waals surface area contributed by atoms with Crippen molar-refractivity contribution in [2.75, 3.05) is 20.8 Å². The van der Waals surface area contributed by atoms with Gasteiger partial charge in [0, 0.05) is 0 Å². The molecule has 0 unspecified atom stereocenters. The Morgan fingerprint density at radius 3 is 2.41 bits per heavy atom. The summed E-state index contributed by atoms with van der Waals surface area (Å²) in [5, 5.41) is 0. The van der Waals surface area contributed by atoms with Gasteiger partial charge in [-0.3, -0.25) is 9.59 Å². The Bertz CT molecular complexity index is 298. The number of carbonyl (C=O) groups is 2. The molecule has 1 aliphatic rings. The molecule has 0 aromatic rings. The molecule has 1 aliphatic heterocycles. The first-order valence-electron chi connectivity index (χ1n) is 5.36. The normalized spacial score (nSPS) is 24.1. The van der Waals surface area contributed by atoms with E-state index in [4.69, 9.17) is 9.47 Å². The van der Waals surface area contributed by atoms with E-state index in [1.807, 2.05) is 0 Å². The van der Waals surface area contributed by atoms with E-state index in [-0.39, 0.29) is 13.0 Å². The van der Waals surface area contributed by atoms with Gasteiger partial charge in [-0.25, -0.2) is 0 Å². The summed E-state index contributed by atoms with van der Waals surface area (Å²) in [5.41, 5.74) is 0. The lowest BCUT2D eigenvalue weighted by Gasteiger charge is -2.21. The lowest BCUT2D eigenvalue weighted by Crippen LogP contribution is -2.34. The van der Waals surface area contributed by atoms with Gasteiger partial charge in [0.2, 0.25) is 0 Å². The molecule has 0 amide bonds. The topological polar surface area (TPSA) is 71.1 Å². The molecule has 0 N–H and O–H groups in total. The van der Waals surface area contributed by atoms with E-state index >= 15 is 0 Å². The lowest BCUT2D eigenvalue weighted by molar-refractivity contribution is -0.166. The average molecular weight is 246 g/mol. The van der Waals surface area contributed by atoms with Crippen molar-refractivity contribution in [3.05, 3.63) is 0 Å². The van der Waals surface area contributed by atoms with Crippen molar-refractivity contribution in [3.8, 4) is 0 Å². The third-order valence-electron chi connectivity index (χ3n) is 2.60. The largest absolute Gasteiger partial charge is 0.469 e. The summed E-state index contributed by atoms with van der Waals surface area (Å²) in [6.45, 7) is 3.75. The fourth-order valence-electron chi connectivity index (χ4n) is 1.69. The van der Waals surface area contributed by atoms with Crippen LogP contribution in [0.25, 0.3) is 0 Å². The van der Waals surface area contributed by atoms with Crippen LogP contribution in [0.15, 0.2) is 0 Å². The Morgan fingerprint density at radius 2 is 2.00 bits per heavy atom. The number of ether oxygens (including phenoxy) is 4. The summed E-state index contributed by atoms with van der Waals surface area (Å²) in [6, 6.07) is 0. The molecule has 0 aliphatic carbocycles. The van der Waals surface area contributed by atoms with Crippen LogP contribution in [0.1, 0.15) is 20.3 Å². The molecule has 0 spiro atoms. The summed E-state index contributed by atoms with van der Waals surface area (Å²) < 4.78 is 20.1. The summed E-state index contributed by atoms with van der Waals surface area (Å²) in [7, 11) is 2.54. The van der Waals surface area contributed by atoms with Crippen LogP contribution in [-0.4, -0.2) is 44.7 Å². The highest BCUT2D eigenvalue weighted by Gasteiger charge is 2.42. The summed E-state index contributed by atoms with van der Waals surface area (Å²) in [4.78, 5) is 22.8. The van der Waals surface area contributed by atoms with Gasteiger partial charge >= 0.3 is 11.9 Å². The van der Waals surface area contributed by atoms with Gasteiger partial charge in [0.05, 0.1) is 39.3 Å². The Hall–Kier alpha value is -1.14. The maximum atomic E-state index is 11.6. The minimum atomic E-state index is -0.743. The van der Waals surface area contributed by atoms with Gasteiger partial charge in [-0.1, -0.05) is 0 Å². The van der Waals surface area contributed by atoms with Crippen LogP contribution in [0.4, 0.5) is 0 Å². The van der Waals surface area contributed by atoms with Crippen LogP contribution in [0, 0.1) is 5.92 Å². The van der Waals surface area contributed by atoms with Crippen molar-refractivity contribution in [2.24, 2.45) is 5.92 Å². The molecule has 1 heterocycles. The van der Waals surface area contributed by atoms with Gasteiger partial charge in [-0.05, 0) is 13.8 Å².